The summed E-state index contributed by atoms with van der Waals surface area (Å²) in [5, 5.41) is 11.5. The summed E-state index contributed by atoms with van der Waals surface area (Å²) in [5.41, 5.74) is 4.56. The molecule has 2 N–H and O–H groups in total. The summed E-state index contributed by atoms with van der Waals surface area (Å²) in [4.78, 5) is 4.96. The van der Waals surface area contributed by atoms with Gasteiger partial charge in [0.05, 0.1) is 12.2 Å². The maximum atomic E-state index is 13.5. The summed E-state index contributed by atoms with van der Waals surface area (Å²) < 4.78 is 21.1. The van der Waals surface area contributed by atoms with Crippen molar-refractivity contribution in [1.82, 2.24) is 20.4 Å². The molecule has 1 atom stereocenters. The third kappa shape index (κ3) is 6.43. The molecular weight excluding hydrogens is 520 g/mol. The molecule has 2 heterocycles. The number of aromatic nitrogens is 2. The van der Waals surface area contributed by atoms with E-state index in [0.717, 1.165) is 43.0 Å². The van der Waals surface area contributed by atoms with Crippen LogP contribution in [0, 0.1) is 19.7 Å². The Labute approximate surface area is 208 Å². The zero-order chi connectivity index (χ0) is 22.4. The number of halogens is 2. The molecule has 0 radical (unpaired) electrons. The first-order valence-corrected chi connectivity index (χ1v) is 11.2. The van der Waals surface area contributed by atoms with Gasteiger partial charge in [0.1, 0.15) is 5.82 Å². The van der Waals surface area contributed by atoms with Crippen molar-refractivity contribution >= 4 is 29.9 Å². The van der Waals surface area contributed by atoms with Gasteiger partial charge in [-0.05, 0) is 70.2 Å². The van der Waals surface area contributed by atoms with Crippen LogP contribution in [0.3, 0.4) is 0 Å². The van der Waals surface area contributed by atoms with Gasteiger partial charge in [0.25, 0.3) is 0 Å². The summed E-state index contributed by atoms with van der Waals surface area (Å²) >= 11 is 0. The zero-order valence-corrected chi connectivity index (χ0v) is 22.2. The lowest BCUT2D eigenvalue weighted by Crippen LogP contribution is -2.45. The number of guanidine groups is 1. The van der Waals surface area contributed by atoms with Crippen LogP contribution in [0.5, 0.6) is 0 Å². The predicted molar refractivity (Wildman–Crippen MR) is 139 cm³/mol. The summed E-state index contributed by atoms with van der Waals surface area (Å²) in [6.45, 7) is 11.2. The van der Waals surface area contributed by atoms with Crippen LogP contribution in [0.15, 0.2) is 29.3 Å². The Bertz CT molecular complexity index is 891. The van der Waals surface area contributed by atoms with E-state index in [0.29, 0.717) is 19.8 Å². The molecule has 0 saturated carbocycles. The number of aliphatic imine (C=N–C) groups is 1. The van der Waals surface area contributed by atoms with Gasteiger partial charge in [0.15, 0.2) is 5.96 Å². The Kier molecular flexibility index (Phi) is 9.94. The van der Waals surface area contributed by atoms with Crippen molar-refractivity contribution in [3.63, 3.8) is 0 Å². The second-order valence-corrected chi connectivity index (χ2v) is 8.62. The van der Waals surface area contributed by atoms with E-state index in [1.54, 1.807) is 12.1 Å². The Morgan fingerprint density at radius 2 is 1.91 bits per heavy atom. The fourth-order valence-electron chi connectivity index (χ4n) is 4.36. The molecule has 2 aromatic rings. The van der Waals surface area contributed by atoms with Gasteiger partial charge in [-0.1, -0.05) is 12.1 Å². The number of nitrogens with one attached hydrogen (secondary N) is 2. The van der Waals surface area contributed by atoms with E-state index in [1.165, 1.54) is 11.3 Å². The quantitative estimate of drug-likeness (QED) is 0.307. The summed E-state index contributed by atoms with van der Waals surface area (Å²) in [6, 6.07) is 7.08. The van der Waals surface area contributed by atoms with Gasteiger partial charge in [0, 0.05) is 44.0 Å². The molecule has 0 bridgehead atoms. The molecule has 8 heteroatoms. The van der Waals surface area contributed by atoms with E-state index in [2.05, 4.69) is 43.4 Å². The molecular formula is C24H37FIN5O. The zero-order valence-electron chi connectivity index (χ0n) is 19.9. The average molecular weight is 557 g/mol. The molecule has 1 aromatic heterocycles. The maximum Gasteiger partial charge on any atom is 0.191 e. The lowest BCUT2D eigenvalue weighted by atomic mass is 9.74. The molecule has 0 spiro atoms. The van der Waals surface area contributed by atoms with Crippen molar-refractivity contribution in [2.45, 2.75) is 58.4 Å². The Morgan fingerprint density at radius 1 is 1.25 bits per heavy atom. The van der Waals surface area contributed by atoms with Gasteiger partial charge in [-0.25, -0.2) is 4.39 Å². The average Bonchev–Trinajstić information content (AvgIpc) is 2.99. The van der Waals surface area contributed by atoms with Crippen LogP contribution in [-0.2, 0) is 23.6 Å². The van der Waals surface area contributed by atoms with Gasteiger partial charge in [-0.3, -0.25) is 9.67 Å². The molecule has 3 rings (SSSR count). The highest BCUT2D eigenvalue weighted by molar-refractivity contribution is 14.0. The monoisotopic (exact) mass is 557 g/mol. The van der Waals surface area contributed by atoms with E-state index in [9.17, 15) is 4.39 Å². The molecule has 1 fully saturated rings. The molecule has 1 aromatic carbocycles. The lowest BCUT2D eigenvalue weighted by Gasteiger charge is -2.36. The number of nitrogens with zero attached hydrogens (tertiary/aromatic N) is 3. The van der Waals surface area contributed by atoms with Gasteiger partial charge >= 0.3 is 0 Å². The number of ether oxygens (including phenoxy) is 1. The van der Waals surface area contributed by atoms with Crippen LogP contribution in [0.4, 0.5) is 4.39 Å². The number of benzene rings is 1. The first-order chi connectivity index (χ1) is 14.8. The van der Waals surface area contributed by atoms with Crippen molar-refractivity contribution in [3.8, 4) is 0 Å². The van der Waals surface area contributed by atoms with Crippen LogP contribution in [0.25, 0.3) is 0 Å². The minimum Gasteiger partial charge on any atom is -0.381 e. The smallest absolute Gasteiger partial charge is 0.191 e. The SMILES string of the molecule is CCNC(=NCC1(c2ccc(F)cc2)CCOCC1)NC(C)Cc1c(C)nn(C)c1C.I. The highest BCUT2D eigenvalue weighted by Gasteiger charge is 2.34. The molecule has 1 aliphatic rings. The molecule has 1 aliphatic heterocycles. The fraction of sp³-hybridized carbons (Fsp3) is 0.583. The van der Waals surface area contributed by atoms with E-state index >= 15 is 0 Å². The molecule has 1 unspecified atom stereocenters. The fourth-order valence-corrected chi connectivity index (χ4v) is 4.36. The Balaban J connectivity index is 0.00000363. The Hall–Kier alpha value is -1.68. The van der Waals surface area contributed by atoms with E-state index in [-0.39, 0.29) is 41.3 Å². The van der Waals surface area contributed by atoms with Crippen LogP contribution in [-0.4, -0.2) is 48.1 Å². The highest BCUT2D eigenvalue weighted by atomic mass is 127. The van der Waals surface area contributed by atoms with Gasteiger partial charge in [-0.2, -0.15) is 5.10 Å². The van der Waals surface area contributed by atoms with Crippen LogP contribution >= 0.6 is 24.0 Å². The first-order valence-electron chi connectivity index (χ1n) is 11.2. The third-order valence-electron chi connectivity index (χ3n) is 6.34. The normalized spacial score (nSPS) is 16.9. The second-order valence-electron chi connectivity index (χ2n) is 8.62. The Morgan fingerprint density at radius 3 is 2.47 bits per heavy atom. The number of hydrogen-bond donors (Lipinski definition) is 2. The molecule has 178 valence electrons. The van der Waals surface area contributed by atoms with Gasteiger partial charge in [-0.15, -0.1) is 24.0 Å². The predicted octanol–water partition coefficient (Wildman–Crippen LogP) is 4.03. The van der Waals surface area contributed by atoms with Crippen LogP contribution in [0.1, 0.15) is 49.2 Å². The topological polar surface area (TPSA) is 63.5 Å². The van der Waals surface area contributed by atoms with E-state index in [4.69, 9.17) is 9.73 Å². The van der Waals surface area contributed by atoms with Crippen LogP contribution in [0.2, 0.25) is 0 Å². The van der Waals surface area contributed by atoms with Crippen LogP contribution < -0.4 is 10.6 Å². The summed E-state index contributed by atoms with van der Waals surface area (Å²) in [7, 11) is 1.98. The first kappa shape index (κ1) is 26.6. The molecule has 1 saturated heterocycles. The van der Waals surface area contributed by atoms with Crippen molar-refractivity contribution in [3.05, 3.63) is 52.6 Å². The second kappa shape index (κ2) is 12.0. The van der Waals surface area contributed by atoms with Gasteiger partial charge < -0.3 is 15.4 Å². The van der Waals surface area contributed by atoms with Crippen molar-refractivity contribution in [1.29, 1.82) is 0 Å². The van der Waals surface area contributed by atoms with Gasteiger partial charge in [0.2, 0.25) is 0 Å². The van der Waals surface area contributed by atoms with E-state index in [1.807, 2.05) is 23.9 Å². The minimum atomic E-state index is -0.209. The molecule has 6 nitrogen and oxygen atoms in total. The maximum absolute atomic E-state index is 13.5. The van der Waals surface area contributed by atoms with Crippen molar-refractivity contribution in [2.24, 2.45) is 12.0 Å². The number of hydrogen-bond acceptors (Lipinski definition) is 3. The lowest BCUT2D eigenvalue weighted by molar-refractivity contribution is 0.0530. The molecule has 0 amide bonds. The summed E-state index contributed by atoms with van der Waals surface area (Å²) in [6.07, 6.45) is 2.64. The number of rotatable bonds is 7. The van der Waals surface area contributed by atoms with E-state index < -0.39 is 0 Å². The molecule has 32 heavy (non-hydrogen) atoms. The largest absolute Gasteiger partial charge is 0.381 e. The molecule has 0 aliphatic carbocycles. The van der Waals surface area contributed by atoms with Crippen molar-refractivity contribution in [2.75, 3.05) is 26.3 Å². The third-order valence-corrected chi connectivity index (χ3v) is 6.34. The van der Waals surface area contributed by atoms with Crippen molar-refractivity contribution < 1.29 is 9.13 Å². The summed E-state index contributed by atoms with van der Waals surface area (Å²) in [5.74, 6) is 0.599. The standard InChI is InChI=1S/C24H36FN5O.HI/c1-6-26-23(28-17(2)15-22-18(3)29-30(5)19(22)4)27-16-24(11-13-31-14-12-24)20-7-9-21(25)10-8-20;/h7-10,17H,6,11-16H2,1-5H3,(H2,26,27,28);1H. The number of aryl methyl sites for hydroxylation is 2. The highest BCUT2D eigenvalue weighted by Crippen LogP contribution is 2.35. The minimum absolute atomic E-state index is 0.